The first kappa shape index (κ1) is 25.2. The molecule has 0 aliphatic rings. The van der Waals surface area contributed by atoms with Crippen LogP contribution in [-0.2, 0) is 22.6 Å². The Morgan fingerprint density at radius 3 is 2.27 bits per heavy atom. The summed E-state index contributed by atoms with van der Waals surface area (Å²) >= 11 is 5.67. The van der Waals surface area contributed by atoms with Crippen LogP contribution in [0.4, 0.5) is 0 Å². The second-order valence-corrected chi connectivity index (χ2v) is 9.65. The summed E-state index contributed by atoms with van der Waals surface area (Å²) in [5.41, 5.74) is 1.92. The number of carbonyl (C=O) groups is 2. The van der Waals surface area contributed by atoms with Crippen molar-refractivity contribution >= 4 is 50.3 Å². The van der Waals surface area contributed by atoms with E-state index >= 15 is 0 Å². The van der Waals surface area contributed by atoms with Crippen LogP contribution < -0.4 is 10.1 Å². The first-order valence-corrected chi connectivity index (χ1v) is 12.6. The van der Waals surface area contributed by atoms with Crippen molar-refractivity contribution in [1.82, 2.24) is 10.2 Å². The normalized spacial score (nSPS) is 11.5. The van der Waals surface area contributed by atoms with Crippen LogP contribution in [0.15, 0.2) is 83.3 Å². The Bertz CT molecular complexity index is 1040. The quantitative estimate of drug-likeness (QED) is 0.317. The molecule has 0 saturated carbocycles. The van der Waals surface area contributed by atoms with Crippen molar-refractivity contribution in [2.45, 2.75) is 25.9 Å². The van der Waals surface area contributed by atoms with E-state index in [4.69, 9.17) is 4.74 Å². The third-order valence-corrected chi connectivity index (χ3v) is 6.31. The summed E-state index contributed by atoms with van der Waals surface area (Å²) in [5, 5.41) is 2.89. The van der Waals surface area contributed by atoms with Crippen LogP contribution in [0.5, 0.6) is 5.75 Å². The van der Waals surface area contributed by atoms with Gasteiger partial charge in [0.25, 0.3) is 5.91 Å². The van der Waals surface area contributed by atoms with Gasteiger partial charge in [0.05, 0.1) is 0 Å². The zero-order valence-corrected chi connectivity index (χ0v) is 22.1. The van der Waals surface area contributed by atoms with Gasteiger partial charge < -0.3 is 15.0 Å². The van der Waals surface area contributed by atoms with E-state index in [-0.39, 0.29) is 18.4 Å². The van der Waals surface area contributed by atoms with Crippen LogP contribution in [0, 0.1) is 3.57 Å². The maximum Gasteiger partial charge on any atom is 0.261 e. The fourth-order valence-electron chi connectivity index (χ4n) is 3.39. The van der Waals surface area contributed by atoms with E-state index in [1.165, 1.54) is 0 Å². The lowest BCUT2D eigenvalue weighted by molar-refractivity contribution is -0.142. The third-order valence-electron chi connectivity index (χ3n) is 5.06. The molecule has 7 heteroatoms. The van der Waals surface area contributed by atoms with Crippen LogP contribution in [-0.4, -0.2) is 35.9 Å². The summed E-state index contributed by atoms with van der Waals surface area (Å²) in [7, 11) is 0. The molecule has 0 saturated heterocycles. The van der Waals surface area contributed by atoms with Gasteiger partial charge >= 0.3 is 0 Å². The maximum absolute atomic E-state index is 13.4. The number of halogens is 2. The van der Waals surface area contributed by atoms with Gasteiger partial charge in [-0.15, -0.1) is 0 Å². The van der Waals surface area contributed by atoms with E-state index in [1.54, 1.807) is 4.90 Å². The number of likely N-dealkylation sites (N-methyl/N-ethyl adjacent to an activating group) is 1. The fraction of sp³-hybridized carbons (Fsp3) is 0.231. The maximum atomic E-state index is 13.4. The molecule has 3 aromatic rings. The third kappa shape index (κ3) is 7.85. The highest BCUT2D eigenvalue weighted by molar-refractivity contribution is 14.1. The Morgan fingerprint density at radius 2 is 1.64 bits per heavy atom. The molecule has 0 fully saturated rings. The Hall–Kier alpha value is -2.39. The Balaban J connectivity index is 1.87. The molecule has 0 spiro atoms. The van der Waals surface area contributed by atoms with Gasteiger partial charge in [-0.3, -0.25) is 9.59 Å². The number of ether oxygens (including phenoxy) is 1. The molecule has 0 aromatic heterocycles. The summed E-state index contributed by atoms with van der Waals surface area (Å²) in [4.78, 5) is 28.1. The summed E-state index contributed by atoms with van der Waals surface area (Å²) in [6.07, 6.45) is 0.415. The van der Waals surface area contributed by atoms with Gasteiger partial charge in [0.1, 0.15) is 11.8 Å². The molecule has 1 N–H and O–H groups in total. The number of nitrogens with zero attached hydrogens (tertiary/aromatic N) is 1. The minimum Gasteiger partial charge on any atom is -0.484 e. The number of nitrogens with one attached hydrogen (secondary N) is 1. The van der Waals surface area contributed by atoms with E-state index in [9.17, 15) is 9.59 Å². The van der Waals surface area contributed by atoms with Gasteiger partial charge in [0, 0.05) is 27.6 Å². The fourth-order valence-corrected chi connectivity index (χ4v) is 4.02. The Labute approximate surface area is 216 Å². The number of carbonyl (C=O) groups excluding carboxylic acids is 2. The number of hydrogen-bond donors (Lipinski definition) is 1. The molecule has 0 unspecified atom stereocenters. The lowest BCUT2D eigenvalue weighted by Gasteiger charge is -2.31. The topological polar surface area (TPSA) is 58.6 Å². The lowest BCUT2D eigenvalue weighted by Crippen LogP contribution is -2.51. The predicted octanol–water partition coefficient (Wildman–Crippen LogP) is 5.21. The summed E-state index contributed by atoms with van der Waals surface area (Å²) in [5.74, 6) is 0.190. The minimum atomic E-state index is -0.663. The molecule has 0 radical (unpaired) electrons. The van der Waals surface area contributed by atoms with Gasteiger partial charge in [0.2, 0.25) is 5.91 Å². The smallest absolute Gasteiger partial charge is 0.261 e. The lowest BCUT2D eigenvalue weighted by atomic mass is 10.0. The van der Waals surface area contributed by atoms with E-state index in [0.717, 1.165) is 19.2 Å². The van der Waals surface area contributed by atoms with E-state index in [0.29, 0.717) is 25.3 Å². The molecule has 3 aromatic carbocycles. The van der Waals surface area contributed by atoms with Crippen LogP contribution in [0.2, 0.25) is 0 Å². The molecule has 2 amide bonds. The monoisotopic (exact) mass is 620 g/mol. The van der Waals surface area contributed by atoms with Crippen molar-refractivity contribution in [2.24, 2.45) is 0 Å². The molecule has 1 atom stereocenters. The van der Waals surface area contributed by atoms with Gasteiger partial charge in [-0.05, 0) is 77.0 Å². The van der Waals surface area contributed by atoms with Crippen molar-refractivity contribution < 1.29 is 14.3 Å². The standard InChI is InChI=1S/C26H26BrIN2O3/c1-2-29-26(32)24(16-19-6-4-3-5-7-19)30(17-20-8-10-21(27)11-9-20)25(31)18-33-23-14-12-22(28)13-15-23/h3-15,24H,2,16-18H2,1H3,(H,29,32)/t24-/m0/s1. The van der Waals surface area contributed by atoms with Crippen LogP contribution in [0.1, 0.15) is 18.1 Å². The van der Waals surface area contributed by atoms with Crippen LogP contribution in [0.3, 0.4) is 0 Å². The molecule has 0 heterocycles. The van der Waals surface area contributed by atoms with E-state index < -0.39 is 6.04 Å². The molecular weight excluding hydrogens is 595 g/mol. The van der Waals surface area contributed by atoms with Gasteiger partial charge in [-0.25, -0.2) is 0 Å². The molecule has 3 rings (SSSR count). The van der Waals surface area contributed by atoms with Crippen molar-refractivity contribution in [1.29, 1.82) is 0 Å². The van der Waals surface area contributed by atoms with Crippen molar-refractivity contribution in [3.8, 4) is 5.75 Å². The highest BCUT2D eigenvalue weighted by atomic mass is 127. The van der Waals surface area contributed by atoms with Crippen LogP contribution >= 0.6 is 38.5 Å². The largest absolute Gasteiger partial charge is 0.484 e. The minimum absolute atomic E-state index is 0.151. The second kappa shape index (κ2) is 12.7. The van der Waals surface area contributed by atoms with Gasteiger partial charge in [0.15, 0.2) is 6.61 Å². The SMILES string of the molecule is CCNC(=O)[C@H](Cc1ccccc1)N(Cc1ccc(Br)cc1)C(=O)COc1ccc(I)cc1. The predicted molar refractivity (Wildman–Crippen MR) is 142 cm³/mol. The number of benzene rings is 3. The van der Waals surface area contributed by atoms with Crippen molar-refractivity contribution in [3.63, 3.8) is 0 Å². The second-order valence-electron chi connectivity index (χ2n) is 7.49. The molecule has 0 bridgehead atoms. The molecule has 0 aliphatic carbocycles. The molecular formula is C26H26BrIN2O3. The number of hydrogen-bond acceptors (Lipinski definition) is 3. The zero-order chi connectivity index (χ0) is 23.6. The van der Waals surface area contributed by atoms with Gasteiger partial charge in [-0.1, -0.05) is 58.4 Å². The van der Waals surface area contributed by atoms with Crippen LogP contribution in [0.25, 0.3) is 0 Å². The van der Waals surface area contributed by atoms with E-state index in [2.05, 4.69) is 43.8 Å². The average molecular weight is 621 g/mol. The first-order chi connectivity index (χ1) is 16.0. The Morgan fingerprint density at radius 1 is 0.970 bits per heavy atom. The summed E-state index contributed by atoms with van der Waals surface area (Å²) < 4.78 is 7.81. The molecule has 172 valence electrons. The zero-order valence-electron chi connectivity index (χ0n) is 18.3. The van der Waals surface area contributed by atoms with Crippen molar-refractivity contribution in [2.75, 3.05) is 13.2 Å². The number of rotatable bonds is 10. The summed E-state index contributed by atoms with van der Waals surface area (Å²) in [6, 6.07) is 24.3. The molecule has 5 nitrogen and oxygen atoms in total. The van der Waals surface area contributed by atoms with Gasteiger partial charge in [-0.2, -0.15) is 0 Å². The number of amides is 2. The average Bonchev–Trinajstić information content (AvgIpc) is 2.82. The molecule has 0 aliphatic heterocycles. The van der Waals surface area contributed by atoms with Crippen molar-refractivity contribution in [3.05, 3.63) is 98.0 Å². The highest BCUT2D eigenvalue weighted by Gasteiger charge is 2.30. The first-order valence-electron chi connectivity index (χ1n) is 10.7. The Kier molecular flexibility index (Phi) is 9.75. The highest BCUT2D eigenvalue weighted by Crippen LogP contribution is 2.18. The van der Waals surface area contributed by atoms with E-state index in [1.807, 2.05) is 85.8 Å². The summed E-state index contributed by atoms with van der Waals surface area (Å²) in [6.45, 7) is 2.51. The molecule has 33 heavy (non-hydrogen) atoms.